The molecule has 0 aliphatic carbocycles. The van der Waals surface area contributed by atoms with Crippen molar-refractivity contribution in [2.24, 2.45) is 0 Å². The standard InChI is InChI=1S/C17H17IN4O/c1-2-3-9-22-15(23)8-7-12-11-19-17(21-16(12)22)20-14-6-4-5-13(18)10-14/h4-8,10-11H,2-3,9H2,1H3,(H,19,20,21). The minimum absolute atomic E-state index is 0.0233. The number of halogens is 1. The Morgan fingerprint density at radius 3 is 2.91 bits per heavy atom. The summed E-state index contributed by atoms with van der Waals surface area (Å²) in [5.41, 5.74) is 1.58. The van der Waals surface area contributed by atoms with E-state index < -0.39 is 0 Å². The third-order valence-electron chi connectivity index (χ3n) is 3.54. The summed E-state index contributed by atoms with van der Waals surface area (Å²) in [6, 6.07) is 11.3. The molecule has 0 saturated carbocycles. The Balaban J connectivity index is 2.01. The summed E-state index contributed by atoms with van der Waals surface area (Å²) in [5.74, 6) is 0.496. The molecule has 3 aromatic rings. The molecule has 2 heterocycles. The summed E-state index contributed by atoms with van der Waals surface area (Å²) >= 11 is 2.26. The third-order valence-corrected chi connectivity index (χ3v) is 4.21. The number of hydrogen-bond donors (Lipinski definition) is 1. The van der Waals surface area contributed by atoms with Crippen LogP contribution in [-0.4, -0.2) is 14.5 Å². The van der Waals surface area contributed by atoms with Gasteiger partial charge in [0.05, 0.1) is 0 Å². The molecule has 1 N–H and O–H groups in total. The molecule has 2 aromatic heterocycles. The van der Waals surface area contributed by atoms with Crippen LogP contribution in [0.25, 0.3) is 11.0 Å². The number of anilines is 2. The van der Waals surface area contributed by atoms with Gasteiger partial charge in [-0.2, -0.15) is 4.98 Å². The number of pyridine rings is 1. The number of rotatable bonds is 5. The number of benzene rings is 1. The van der Waals surface area contributed by atoms with E-state index in [2.05, 4.69) is 44.8 Å². The first-order valence-corrected chi connectivity index (χ1v) is 8.64. The lowest BCUT2D eigenvalue weighted by atomic mass is 10.3. The van der Waals surface area contributed by atoms with Crippen LogP contribution in [0.5, 0.6) is 0 Å². The average Bonchev–Trinajstić information content (AvgIpc) is 2.54. The van der Waals surface area contributed by atoms with E-state index >= 15 is 0 Å². The lowest BCUT2D eigenvalue weighted by molar-refractivity contribution is 0.627. The van der Waals surface area contributed by atoms with Crippen molar-refractivity contribution in [1.29, 1.82) is 0 Å². The van der Waals surface area contributed by atoms with Crippen molar-refractivity contribution in [3.63, 3.8) is 0 Å². The third kappa shape index (κ3) is 3.69. The fraction of sp³-hybridized carbons (Fsp3) is 0.235. The summed E-state index contributed by atoms with van der Waals surface area (Å²) in [6.45, 7) is 2.78. The number of nitrogens with zero attached hydrogens (tertiary/aromatic N) is 3. The molecule has 0 aliphatic rings. The maximum absolute atomic E-state index is 12.1. The Morgan fingerprint density at radius 2 is 2.13 bits per heavy atom. The van der Waals surface area contributed by atoms with E-state index in [9.17, 15) is 4.79 Å². The monoisotopic (exact) mass is 420 g/mol. The highest BCUT2D eigenvalue weighted by atomic mass is 127. The van der Waals surface area contributed by atoms with Crippen LogP contribution < -0.4 is 10.9 Å². The highest BCUT2D eigenvalue weighted by Gasteiger charge is 2.07. The Bertz CT molecular complexity index is 891. The van der Waals surface area contributed by atoms with Gasteiger partial charge in [-0.25, -0.2) is 4.98 Å². The second-order valence-electron chi connectivity index (χ2n) is 5.28. The second kappa shape index (κ2) is 7.08. The highest BCUT2D eigenvalue weighted by molar-refractivity contribution is 14.1. The SMILES string of the molecule is CCCCn1c(=O)ccc2cnc(Nc3cccc(I)c3)nc21. The smallest absolute Gasteiger partial charge is 0.252 e. The number of aromatic nitrogens is 3. The van der Waals surface area contributed by atoms with E-state index in [1.165, 1.54) is 0 Å². The molecular formula is C17H17IN4O. The minimum Gasteiger partial charge on any atom is -0.324 e. The second-order valence-corrected chi connectivity index (χ2v) is 6.53. The Labute approximate surface area is 147 Å². The normalized spacial score (nSPS) is 10.9. The zero-order valence-corrected chi connectivity index (χ0v) is 14.9. The zero-order chi connectivity index (χ0) is 16.2. The quantitative estimate of drug-likeness (QED) is 0.636. The maximum Gasteiger partial charge on any atom is 0.252 e. The molecule has 1 aromatic carbocycles. The summed E-state index contributed by atoms with van der Waals surface area (Å²) in [4.78, 5) is 21.0. The van der Waals surface area contributed by atoms with E-state index in [1.807, 2.05) is 24.3 Å². The van der Waals surface area contributed by atoms with Crippen molar-refractivity contribution >= 4 is 45.3 Å². The van der Waals surface area contributed by atoms with Gasteiger partial charge in [0.1, 0.15) is 5.65 Å². The molecule has 0 radical (unpaired) electrons. The van der Waals surface area contributed by atoms with E-state index in [4.69, 9.17) is 0 Å². The van der Waals surface area contributed by atoms with Gasteiger partial charge in [0.25, 0.3) is 5.56 Å². The van der Waals surface area contributed by atoms with Crippen LogP contribution in [0.4, 0.5) is 11.6 Å². The van der Waals surface area contributed by atoms with Gasteiger partial charge in [-0.15, -0.1) is 0 Å². The van der Waals surface area contributed by atoms with Crippen LogP contribution in [-0.2, 0) is 6.54 Å². The van der Waals surface area contributed by atoms with Crippen molar-refractivity contribution in [2.45, 2.75) is 26.3 Å². The molecule has 23 heavy (non-hydrogen) atoms. The Hall–Kier alpha value is -1.96. The van der Waals surface area contributed by atoms with Crippen molar-refractivity contribution in [2.75, 3.05) is 5.32 Å². The number of nitrogens with one attached hydrogen (secondary N) is 1. The Kier molecular flexibility index (Phi) is 4.90. The Morgan fingerprint density at radius 1 is 1.26 bits per heavy atom. The van der Waals surface area contributed by atoms with Crippen LogP contribution in [0.2, 0.25) is 0 Å². The van der Waals surface area contributed by atoms with Gasteiger partial charge >= 0.3 is 0 Å². The molecule has 118 valence electrons. The predicted molar refractivity (Wildman–Crippen MR) is 101 cm³/mol. The first-order chi connectivity index (χ1) is 11.2. The molecule has 0 unspecified atom stereocenters. The van der Waals surface area contributed by atoms with Crippen molar-refractivity contribution in [3.05, 3.63) is 56.5 Å². The summed E-state index contributed by atoms with van der Waals surface area (Å²) in [6.07, 6.45) is 3.73. The molecule has 0 spiro atoms. The molecule has 3 rings (SSSR count). The number of hydrogen-bond acceptors (Lipinski definition) is 4. The topological polar surface area (TPSA) is 59.8 Å². The molecule has 0 amide bonds. The van der Waals surface area contributed by atoms with Gasteiger partial charge < -0.3 is 5.32 Å². The number of aryl methyl sites for hydroxylation is 1. The highest BCUT2D eigenvalue weighted by Crippen LogP contribution is 2.18. The first kappa shape index (κ1) is 15.9. The molecule has 0 bridgehead atoms. The lowest BCUT2D eigenvalue weighted by Crippen LogP contribution is -2.20. The van der Waals surface area contributed by atoms with Crippen LogP contribution in [0.1, 0.15) is 19.8 Å². The molecule has 5 nitrogen and oxygen atoms in total. The zero-order valence-electron chi connectivity index (χ0n) is 12.8. The van der Waals surface area contributed by atoms with Crippen molar-refractivity contribution in [1.82, 2.24) is 14.5 Å². The molecule has 0 atom stereocenters. The number of fused-ring (bicyclic) bond motifs is 1. The van der Waals surface area contributed by atoms with Crippen LogP contribution in [0, 0.1) is 3.57 Å². The van der Waals surface area contributed by atoms with Gasteiger partial charge in [0, 0.05) is 33.5 Å². The molecular weight excluding hydrogens is 403 g/mol. The first-order valence-electron chi connectivity index (χ1n) is 7.56. The van der Waals surface area contributed by atoms with Crippen molar-refractivity contribution < 1.29 is 0 Å². The maximum atomic E-state index is 12.1. The van der Waals surface area contributed by atoms with E-state index in [0.717, 1.165) is 27.5 Å². The van der Waals surface area contributed by atoms with Crippen LogP contribution in [0.15, 0.2) is 47.4 Å². The van der Waals surface area contributed by atoms with Crippen molar-refractivity contribution in [3.8, 4) is 0 Å². The summed E-state index contributed by atoms with van der Waals surface area (Å²) in [7, 11) is 0. The predicted octanol–water partition coefficient (Wildman–Crippen LogP) is 3.94. The average molecular weight is 420 g/mol. The molecule has 0 saturated heterocycles. The van der Waals surface area contributed by atoms with Gasteiger partial charge in [-0.1, -0.05) is 19.4 Å². The van der Waals surface area contributed by atoms with Gasteiger partial charge in [-0.3, -0.25) is 9.36 Å². The fourth-order valence-electron chi connectivity index (χ4n) is 2.36. The van der Waals surface area contributed by atoms with Crippen LogP contribution in [0.3, 0.4) is 0 Å². The van der Waals surface area contributed by atoms with Gasteiger partial charge in [0.2, 0.25) is 5.95 Å². The van der Waals surface area contributed by atoms with E-state index in [-0.39, 0.29) is 5.56 Å². The van der Waals surface area contributed by atoms with Gasteiger partial charge in [-0.05, 0) is 53.3 Å². The number of unbranched alkanes of at least 4 members (excludes halogenated alkanes) is 1. The fourth-order valence-corrected chi connectivity index (χ4v) is 2.90. The van der Waals surface area contributed by atoms with E-state index in [1.54, 1.807) is 22.9 Å². The van der Waals surface area contributed by atoms with Gasteiger partial charge in [0.15, 0.2) is 0 Å². The molecule has 0 aliphatic heterocycles. The summed E-state index contributed by atoms with van der Waals surface area (Å²) in [5, 5.41) is 4.07. The lowest BCUT2D eigenvalue weighted by Gasteiger charge is -2.10. The van der Waals surface area contributed by atoms with Crippen LogP contribution >= 0.6 is 22.6 Å². The minimum atomic E-state index is -0.0233. The largest absolute Gasteiger partial charge is 0.324 e. The van der Waals surface area contributed by atoms with E-state index in [0.29, 0.717) is 18.1 Å². The summed E-state index contributed by atoms with van der Waals surface area (Å²) < 4.78 is 2.86. The molecule has 0 fully saturated rings. The molecule has 6 heteroatoms.